The minimum Gasteiger partial charge on any atom is -0.494 e. The summed E-state index contributed by atoms with van der Waals surface area (Å²) in [6, 6.07) is 11.9. The van der Waals surface area contributed by atoms with E-state index in [-0.39, 0.29) is 11.8 Å². The summed E-state index contributed by atoms with van der Waals surface area (Å²) in [6.07, 6.45) is 1.05. The molecule has 1 aliphatic heterocycles. The zero-order chi connectivity index (χ0) is 18.6. The fourth-order valence-electron chi connectivity index (χ4n) is 3.30. The molecule has 0 spiro atoms. The molecular formula is C20H21N3O3S. The van der Waals surface area contributed by atoms with Crippen molar-refractivity contribution < 1.29 is 14.1 Å². The predicted octanol–water partition coefficient (Wildman–Crippen LogP) is 3.64. The van der Waals surface area contributed by atoms with E-state index in [1.54, 1.807) is 11.3 Å². The highest BCUT2D eigenvalue weighted by molar-refractivity contribution is 7.09. The van der Waals surface area contributed by atoms with Gasteiger partial charge in [-0.15, -0.1) is 11.3 Å². The van der Waals surface area contributed by atoms with Gasteiger partial charge in [-0.05, 0) is 24.4 Å². The van der Waals surface area contributed by atoms with Crippen LogP contribution in [0.5, 0.6) is 5.75 Å². The molecule has 1 unspecified atom stereocenters. The second-order valence-electron chi connectivity index (χ2n) is 6.52. The fraction of sp³-hybridized carbons (Fsp3) is 0.350. The van der Waals surface area contributed by atoms with Gasteiger partial charge < -0.3 is 14.2 Å². The van der Waals surface area contributed by atoms with E-state index in [4.69, 9.17) is 9.26 Å². The summed E-state index contributed by atoms with van der Waals surface area (Å²) in [4.78, 5) is 20.0. The first-order valence-corrected chi connectivity index (χ1v) is 9.94. The molecule has 7 heteroatoms. The summed E-state index contributed by atoms with van der Waals surface area (Å²) in [5.74, 6) is 2.12. The van der Waals surface area contributed by atoms with Crippen molar-refractivity contribution in [2.45, 2.75) is 32.2 Å². The Kier molecular flexibility index (Phi) is 5.20. The van der Waals surface area contributed by atoms with Crippen molar-refractivity contribution in [3.05, 3.63) is 63.9 Å². The largest absolute Gasteiger partial charge is 0.494 e. The highest BCUT2D eigenvalue weighted by Gasteiger charge is 2.34. The normalized spacial score (nSPS) is 16.9. The van der Waals surface area contributed by atoms with Gasteiger partial charge in [0, 0.05) is 35.9 Å². The average Bonchev–Trinajstić information content (AvgIpc) is 3.40. The van der Waals surface area contributed by atoms with E-state index in [2.05, 4.69) is 10.1 Å². The lowest BCUT2D eigenvalue weighted by Gasteiger charge is -2.18. The van der Waals surface area contributed by atoms with Gasteiger partial charge in [-0.3, -0.25) is 4.79 Å². The number of rotatable bonds is 7. The zero-order valence-electron chi connectivity index (χ0n) is 15.1. The summed E-state index contributed by atoms with van der Waals surface area (Å²) < 4.78 is 11.1. The van der Waals surface area contributed by atoms with E-state index in [1.165, 1.54) is 4.88 Å². The first-order chi connectivity index (χ1) is 13.2. The van der Waals surface area contributed by atoms with Crippen LogP contribution in [-0.4, -0.2) is 34.1 Å². The Morgan fingerprint density at radius 3 is 3.00 bits per heavy atom. The molecule has 0 aliphatic carbocycles. The number of carbonyl (C=O) groups excluding carboxylic acids is 1. The maximum Gasteiger partial charge on any atom is 0.231 e. The number of para-hydroxylation sites is 1. The smallest absolute Gasteiger partial charge is 0.231 e. The summed E-state index contributed by atoms with van der Waals surface area (Å²) in [6.45, 7) is 3.68. The summed E-state index contributed by atoms with van der Waals surface area (Å²) in [7, 11) is 0. The van der Waals surface area contributed by atoms with Crippen molar-refractivity contribution in [3.8, 4) is 5.75 Å². The first kappa shape index (κ1) is 17.7. The number of aromatic nitrogens is 2. The van der Waals surface area contributed by atoms with Gasteiger partial charge in [0.1, 0.15) is 5.75 Å². The predicted molar refractivity (Wildman–Crippen MR) is 102 cm³/mol. The van der Waals surface area contributed by atoms with Gasteiger partial charge in [-0.2, -0.15) is 4.98 Å². The molecule has 4 rings (SSSR count). The topological polar surface area (TPSA) is 68.5 Å². The van der Waals surface area contributed by atoms with E-state index in [9.17, 15) is 4.79 Å². The van der Waals surface area contributed by atoms with Crippen LogP contribution < -0.4 is 4.74 Å². The molecule has 27 heavy (non-hydrogen) atoms. The molecule has 1 amide bonds. The number of likely N-dealkylation sites (tertiary alicyclic amines) is 1. The standard InChI is InChI=1S/C20H21N3O3S/c1-2-25-17-8-4-3-6-14(17)12-23-13-15(10-19(23)24)20-21-18(26-22-20)11-16-7-5-9-27-16/h3-9,15H,2,10-13H2,1H3. The van der Waals surface area contributed by atoms with Gasteiger partial charge >= 0.3 is 0 Å². The molecule has 6 nitrogen and oxygen atoms in total. The summed E-state index contributed by atoms with van der Waals surface area (Å²) in [5.41, 5.74) is 1.01. The van der Waals surface area contributed by atoms with Crippen molar-refractivity contribution in [1.29, 1.82) is 0 Å². The van der Waals surface area contributed by atoms with Crippen molar-refractivity contribution in [2.75, 3.05) is 13.2 Å². The molecule has 0 N–H and O–H groups in total. The number of benzene rings is 1. The highest BCUT2D eigenvalue weighted by atomic mass is 32.1. The summed E-state index contributed by atoms with van der Waals surface area (Å²) >= 11 is 1.66. The SMILES string of the molecule is CCOc1ccccc1CN1CC(c2noc(Cc3cccs3)n2)CC1=O. The Morgan fingerprint density at radius 1 is 1.30 bits per heavy atom. The van der Waals surface area contributed by atoms with Crippen LogP contribution in [0.2, 0.25) is 0 Å². The molecule has 2 aromatic heterocycles. The number of amides is 1. The Hall–Kier alpha value is -2.67. The van der Waals surface area contributed by atoms with Crippen LogP contribution in [0.1, 0.15) is 41.4 Å². The third kappa shape index (κ3) is 4.03. The Balaban J connectivity index is 1.43. The Bertz CT molecular complexity index is 907. The molecule has 1 aliphatic rings. The zero-order valence-corrected chi connectivity index (χ0v) is 15.9. The lowest BCUT2D eigenvalue weighted by Crippen LogP contribution is -2.24. The number of carbonyl (C=O) groups is 1. The molecular weight excluding hydrogens is 362 g/mol. The van der Waals surface area contributed by atoms with E-state index < -0.39 is 0 Å². The molecule has 0 radical (unpaired) electrons. The van der Waals surface area contributed by atoms with E-state index in [1.807, 2.05) is 53.6 Å². The number of hydrogen-bond donors (Lipinski definition) is 0. The number of ether oxygens (including phenoxy) is 1. The van der Waals surface area contributed by atoms with Crippen molar-refractivity contribution >= 4 is 17.2 Å². The Morgan fingerprint density at radius 2 is 2.19 bits per heavy atom. The number of thiophene rings is 1. The minimum absolute atomic E-state index is 0.0300. The van der Waals surface area contributed by atoms with Crippen LogP contribution in [0.25, 0.3) is 0 Å². The minimum atomic E-state index is -0.0300. The molecule has 0 saturated carbocycles. The second kappa shape index (κ2) is 7.92. The maximum atomic E-state index is 12.5. The molecule has 1 aromatic carbocycles. The van der Waals surface area contributed by atoms with E-state index in [0.29, 0.717) is 44.3 Å². The highest BCUT2D eigenvalue weighted by Crippen LogP contribution is 2.29. The van der Waals surface area contributed by atoms with Crippen LogP contribution in [0.3, 0.4) is 0 Å². The van der Waals surface area contributed by atoms with Gasteiger partial charge in [0.15, 0.2) is 5.82 Å². The molecule has 140 valence electrons. The maximum absolute atomic E-state index is 12.5. The number of hydrogen-bond acceptors (Lipinski definition) is 6. The molecule has 1 saturated heterocycles. The number of nitrogens with zero attached hydrogens (tertiary/aromatic N) is 3. The van der Waals surface area contributed by atoms with Crippen LogP contribution in [0, 0.1) is 0 Å². The van der Waals surface area contributed by atoms with E-state index >= 15 is 0 Å². The van der Waals surface area contributed by atoms with Crippen LogP contribution in [0.4, 0.5) is 0 Å². The van der Waals surface area contributed by atoms with Gasteiger partial charge in [-0.1, -0.05) is 29.4 Å². The quantitative estimate of drug-likeness (QED) is 0.623. The molecule has 0 bridgehead atoms. The fourth-order valence-corrected chi connectivity index (χ4v) is 4.00. The average molecular weight is 383 g/mol. The third-order valence-electron chi connectivity index (χ3n) is 4.60. The molecule has 3 heterocycles. The lowest BCUT2D eigenvalue weighted by atomic mass is 10.1. The van der Waals surface area contributed by atoms with Gasteiger partial charge in [-0.25, -0.2) is 0 Å². The second-order valence-corrected chi connectivity index (χ2v) is 7.55. The van der Waals surface area contributed by atoms with Gasteiger partial charge in [0.2, 0.25) is 11.8 Å². The van der Waals surface area contributed by atoms with Crippen LogP contribution in [0.15, 0.2) is 46.3 Å². The Labute approximate surface area is 161 Å². The first-order valence-electron chi connectivity index (χ1n) is 9.06. The van der Waals surface area contributed by atoms with Gasteiger partial charge in [0.25, 0.3) is 0 Å². The molecule has 1 fully saturated rings. The summed E-state index contributed by atoms with van der Waals surface area (Å²) in [5, 5.41) is 6.14. The molecule has 1 atom stereocenters. The van der Waals surface area contributed by atoms with Crippen LogP contribution >= 0.6 is 11.3 Å². The van der Waals surface area contributed by atoms with E-state index in [0.717, 1.165) is 11.3 Å². The van der Waals surface area contributed by atoms with Crippen molar-refractivity contribution in [3.63, 3.8) is 0 Å². The molecule has 3 aromatic rings. The monoisotopic (exact) mass is 383 g/mol. The lowest BCUT2D eigenvalue weighted by molar-refractivity contribution is -0.128. The van der Waals surface area contributed by atoms with Crippen molar-refractivity contribution in [1.82, 2.24) is 15.0 Å². The van der Waals surface area contributed by atoms with Gasteiger partial charge in [0.05, 0.1) is 13.0 Å². The van der Waals surface area contributed by atoms with Crippen LogP contribution in [-0.2, 0) is 17.8 Å². The van der Waals surface area contributed by atoms with Crippen molar-refractivity contribution in [2.24, 2.45) is 0 Å². The third-order valence-corrected chi connectivity index (χ3v) is 5.48.